The van der Waals surface area contributed by atoms with Crippen molar-refractivity contribution in [3.63, 3.8) is 0 Å². The molecule has 3 nitrogen and oxygen atoms in total. The zero-order valence-electron chi connectivity index (χ0n) is 20.1. The van der Waals surface area contributed by atoms with Crippen molar-refractivity contribution in [2.24, 2.45) is 40.4 Å². The van der Waals surface area contributed by atoms with Gasteiger partial charge in [0.2, 0.25) is 5.91 Å². The van der Waals surface area contributed by atoms with Gasteiger partial charge in [0, 0.05) is 12.5 Å². The monoisotopic (exact) mass is 435 g/mol. The maximum Gasteiger partial charge on any atom is 0.223 e. The first-order valence-corrected chi connectivity index (χ1v) is 13.0. The Morgan fingerprint density at radius 3 is 2.66 bits per heavy atom. The Balaban J connectivity index is 1.30. The number of hydrogen-bond donors (Lipinski definition) is 2. The molecule has 4 aliphatic carbocycles. The molecule has 4 aliphatic rings. The molecule has 3 saturated carbocycles. The lowest BCUT2D eigenvalue weighted by molar-refractivity contribution is -0.129. The fraction of sp³-hybridized carbons (Fsp3) is 0.690. The van der Waals surface area contributed by atoms with E-state index < -0.39 is 0 Å². The van der Waals surface area contributed by atoms with E-state index in [-0.39, 0.29) is 23.3 Å². The molecule has 5 rings (SSSR count). The molecule has 174 valence electrons. The number of aliphatic hydroxyl groups excluding tert-OH is 1. The minimum absolute atomic E-state index is 0.0698. The topological polar surface area (TPSA) is 49.3 Å². The number of hydrogen-bond acceptors (Lipinski definition) is 2. The van der Waals surface area contributed by atoms with Crippen LogP contribution in [0, 0.1) is 40.4 Å². The van der Waals surface area contributed by atoms with Crippen LogP contribution in [0.2, 0.25) is 0 Å². The van der Waals surface area contributed by atoms with E-state index in [1.54, 1.807) is 5.57 Å². The standard InChI is InChI=1S/C29H41NO2/c1-19(27(32)30-18-20-7-5-4-6-8-20)24-11-12-25-23-10-9-21-17-22(31)13-15-28(21,2)26(23)14-16-29(24,25)3/h4-9,19,22-26,31H,10-18H2,1-3H3,(H,30,32). The first-order valence-electron chi connectivity index (χ1n) is 13.0. The van der Waals surface area contributed by atoms with E-state index in [2.05, 4.69) is 44.3 Å². The van der Waals surface area contributed by atoms with E-state index >= 15 is 0 Å². The molecule has 0 radical (unpaired) electrons. The Kier molecular flexibility index (Phi) is 5.76. The molecule has 1 amide bonds. The molecule has 2 N–H and O–H groups in total. The van der Waals surface area contributed by atoms with Crippen LogP contribution in [-0.4, -0.2) is 17.1 Å². The predicted octanol–water partition coefficient (Wildman–Crippen LogP) is 5.88. The predicted molar refractivity (Wildman–Crippen MR) is 129 cm³/mol. The van der Waals surface area contributed by atoms with Crippen LogP contribution in [0.1, 0.15) is 77.7 Å². The summed E-state index contributed by atoms with van der Waals surface area (Å²) >= 11 is 0. The summed E-state index contributed by atoms with van der Waals surface area (Å²) in [4.78, 5) is 13.1. The van der Waals surface area contributed by atoms with E-state index in [0.717, 1.165) is 37.0 Å². The molecule has 0 aromatic heterocycles. The van der Waals surface area contributed by atoms with Crippen LogP contribution in [0.15, 0.2) is 42.0 Å². The lowest BCUT2D eigenvalue weighted by atomic mass is 9.47. The van der Waals surface area contributed by atoms with Crippen molar-refractivity contribution in [1.29, 1.82) is 0 Å². The number of aliphatic hydroxyl groups is 1. The summed E-state index contributed by atoms with van der Waals surface area (Å²) < 4.78 is 0. The molecule has 0 aliphatic heterocycles. The molecule has 0 bridgehead atoms. The molecule has 0 heterocycles. The average Bonchev–Trinajstić information content (AvgIpc) is 3.15. The molecule has 0 saturated heterocycles. The van der Waals surface area contributed by atoms with Crippen molar-refractivity contribution in [1.82, 2.24) is 5.32 Å². The minimum Gasteiger partial charge on any atom is -0.393 e. The Bertz CT molecular complexity index is 878. The van der Waals surface area contributed by atoms with Gasteiger partial charge in [-0.1, -0.05) is 62.8 Å². The van der Waals surface area contributed by atoms with Gasteiger partial charge in [-0.3, -0.25) is 4.79 Å². The highest BCUT2D eigenvalue weighted by atomic mass is 16.3. The Hall–Kier alpha value is -1.61. The van der Waals surface area contributed by atoms with Gasteiger partial charge in [-0.15, -0.1) is 0 Å². The number of nitrogens with one attached hydrogen (secondary N) is 1. The quantitative estimate of drug-likeness (QED) is 0.580. The maximum absolute atomic E-state index is 13.1. The van der Waals surface area contributed by atoms with Gasteiger partial charge >= 0.3 is 0 Å². The van der Waals surface area contributed by atoms with Crippen LogP contribution < -0.4 is 5.32 Å². The van der Waals surface area contributed by atoms with Crippen LogP contribution >= 0.6 is 0 Å². The second kappa shape index (κ2) is 8.31. The van der Waals surface area contributed by atoms with Gasteiger partial charge in [0.05, 0.1) is 6.10 Å². The highest BCUT2D eigenvalue weighted by Gasteiger charge is 2.59. The zero-order chi connectivity index (χ0) is 22.5. The SMILES string of the molecule is CC(C(=O)NCc1ccccc1)C1CCC2C3CC=C4CC(O)CCC4(C)C3CCC12C. The lowest BCUT2D eigenvalue weighted by Crippen LogP contribution is -2.51. The van der Waals surface area contributed by atoms with Crippen LogP contribution in [0.4, 0.5) is 0 Å². The number of fused-ring (bicyclic) bond motifs is 5. The van der Waals surface area contributed by atoms with Crippen LogP contribution in [-0.2, 0) is 11.3 Å². The largest absolute Gasteiger partial charge is 0.393 e. The molecule has 3 fully saturated rings. The molecule has 8 unspecified atom stereocenters. The lowest BCUT2D eigenvalue weighted by Gasteiger charge is -2.58. The summed E-state index contributed by atoms with van der Waals surface area (Å²) in [7, 11) is 0. The summed E-state index contributed by atoms with van der Waals surface area (Å²) in [5.41, 5.74) is 3.28. The van der Waals surface area contributed by atoms with Crippen molar-refractivity contribution in [3.8, 4) is 0 Å². The zero-order valence-corrected chi connectivity index (χ0v) is 20.1. The number of carbonyl (C=O) groups is 1. The number of amides is 1. The van der Waals surface area contributed by atoms with Crippen LogP contribution in [0.5, 0.6) is 0 Å². The first-order chi connectivity index (χ1) is 15.3. The highest BCUT2D eigenvalue weighted by Crippen LogP contribution is 2.67. The van der Waals surface area contributed by atoms with Gasteiger partial charge in [-0.25, -0.2) is 0 Å². The highest BCUT2D eigenvalue weighted by molar-refractivity contribution is 5.78. The molecule has 3 heteroatoms. The smallest absolute Gasteiger partial charge is 0.223 e. The van der Waals surface area contributed by atoms with E-state index in [9.17, 15) is 9.90 Å². The van der Waals surface area contributed by atoms with Crippen molar-refractivity contribution in [3.05, 3.63) is 47.5 Å². The van der Waals surface area contributed by atoms with E-state index in [1.807, 2.05) is 18.2 Å². The summed E-state index contributed by atoms with van der Waals surface area (Å²) in [6.07, 6.45) is 11.6. The number of benzene rings is 1. The van der Waals surface area contributed by atoms with Gasteiger partial charge < -0.3 is 10.4 Å². The number of allylic oxidation sites excluding steroid dienone is 1. The molecular formula is C29H41NO2. The fourth-order valence-electron chi connectivity index (χ4n) is 8.63. The molecule has 8 atom stereocenters. The van der Waals surface area contributed by atoms with Gasteiger partial charge in [-0.2, -0.15) is 0 Å². The van der Waals surface area contributed by atoms with E-state index in [0.29, 0.717) is 17.9 Å². The summed E-state index contributed by atoms with van der Waals surface area (Å²) in [5.74, 6) is 3.02. The van der Waals surface area contributed by atoms with Gasteiger partial charge in [0.1, 0.15) is 0 Å². The summed E-state index contributed by atoms with van der Waals surface area (Å²) in [6, 6.07) is 10.2. The Morgan fingerprint density at radius 1 is 1.09 bits per heavy atom. The molecular weight excluding hydrogens is 394 g/mol. The summed E-state index contributed by atoms with van der Waals surface area (Å²) in [6.45, 7) is 7.81. The van der Waals surface area contributed by atoms with E-state index in [4.69, 9.17) is 0 Å². The minimum atomic E-state index is -0.133. The third-order valence-corrected chi connectivity index (χ3v) is 10.5. The molecule has 1 aromatic rings. The first kappa shape index (κ1) is 22.2. The average molecular weight is 436 g/mol. The molecule has 32 heavy (non-hydrogen) atoms. The fourth-order valence-corrected chi connectivity index (χ4v) is 8.63. The Labute approximate surface area is 194 Å². The van der Waals surface area contributed by atoms with Gasteiger partial charge in [0.25, 0.3) is 0 Å². The molecule has 0 spiro atoms. The van der Waals surface area contributed by atoms with Gasteiger partial charge in [-0.05, 0) is 91.4 Å². The number of carbonyl (C=O) groups excluding carboxylic acids is 1. The Morgan fingerprint density at radius 2 is 1.88 bits per heavy atom. The normalized spacial score (nSPS) is 41.6. The third kappa shape index (κ3) is 3.56. The van der Waals surface area contributed by atoms with Crippen molar-refractivity contribution in [2.45, 2.75) is 84.8 Å². The number of rotatable bonds is 4. The second-order valence-corrected chi connectivity index (χ2v) is 11.9. The van der Waals surface area contributed by atoms with Crippen molar-refractivity contribution < 1.29 is 9.90 Å². The van der Waals surface area contributed by atoms with Crippen molar-refractivity contribution >= 4 is 5.91 Å². The summed E-state index contributed by atoms with van der Waals surface area (Å²) in [5, 5.41) is 13.5. The van der Waals surface area contributed by atoms with Crippen LogP contribution in [0.3, 0.4) is 0 Å². The third-order valence-electron chi connectivity index (χ3n) is 10.5. The maximum atomic E-state index is 13.1. The molecule has 1 aromatic carbocycles. The van der Waals surface area contributed by atoms with Crippen molar-refractivity contribution in [2.75, 3.05) is 0 Å². The van der Waals surface area contributed by atoms with Gasteiger partial charge in [0.15, 0.2) is 0 Å². The van der Waals surface area contributed by atoms with E-state index in [1.165, 1.54) is 37.7 Å². The van der Waals surface area contributed by atoms with Crippen LogP contribution in [0.25, 0.3) is 0 Å². The second-order valence-electron chi connectivity index (χ2n) is 11.9.